The molecule has 4 fully saturated rings. The number of rotatable bonds is 6. The van der Waals surface area contributed by atoms with Crippen LogP contribution in [0.1, 0.15) is 105 Å². The third-order valence-electron chi connectivity index (χ3n) is 13.8. The molecular formula is C41H52O4. The highest BCUT2D eigenvalue weighted by Gasteiger charge is 2.72. The average Bonchev–Trinajstić information content (AvgIpc) is 3.27. The number of benzene rings is 2. The molecule has 9 unspecified atom stereocenters. The Bertz CT molecular complexity index is 1450. The van der Waals surface area contributed by atoms with Crippen molar-refractivity contribution in [3.8, 4) is 0 Å². The molecule has 0 spiro atoms. The molecule has 0 amide bonds. The van der Waals surface area contributed by atoms with E-state index in [4.69, 9.17) is 4.74 Å². The molecule has 4 aliphatic carbocycles. The van der Waals surface area contributed by atoms with Gasteiger partial charge in [-0.2, -0.15) is 0 Å². The molecule has 240 valence electrons. The van der Waals surface area contributed by atoms with Gasteiger partial charge in [0.15, 0.2) is 0 Å². The summed E-state index contributed by atoms with van der Waals surface area (Å²) in [4.78, 5) is 40.9. The number of carbonyl (C=O) groups is 3. The van der Waals surface area contributed by atoms with Crippen molar-refractivity contribution in [2.45, 2.75) is 99.5 Å². The first-order valence-electron chi connectivity index (χ1n) is 17.3. The van der Waals surface area contributed by atoms with Crippen LogP contribution < -0.4 is 0 Å². The Balaban J connectivity index is 1.30. The van der Waals surface area contributed by atoms with E-state index in [0.717, 1.165) is 32.1 Å². The van der Waals surface area contributed by atoms with Crippen LogP contribution in [0.25, 0.3) is 5.57 Å². The van der Waals surface area contributed by atoms with Crippen LogP contribution in [0.4, 0.5) is 0 Å². The second kappa shape index (κ2) is 11.4. The summed E-state index contributed by atoms with van der Waals surface area (Å²) >= 11 is 0. The van der Waals surface area contributed by atoms with Gasteiger partial charge in [-0.1, -0.05) is 108 Å². The highest BCUT2D eigenvalue weighted by Crippen LogP contribution is 2.73. The Morgan fingerprint density at radius 2 is 1.44 bits per heavy atom. The molecule has 0 aromatic heterocycles. The molecule has 0 saturated heterocycles. The average molecular weight is 609 g/mol. The van der Waals surface area contributed by atoms with E-state index in [-0.39, 0.29) is 57.3 Å². The van der Waals surface area contributed by atoms with Crippen LogP contribution in [0.15, 0.2) is 66.7 Å². The highest BCUT2D eigenvalue weighted by molar-refractivity contribution is 5.95. The van der Waals surface area contributed by atoms with E-state index in [1.807, 2.05) is 0 Å². The van der Waals surface area contributed by atoms with Gasteiger partial charge in [0, 0.05) is 37.0 Å². The predicted molar refractivity (Wildman–Crippen MR) is 179 cm³/mol. The summed E-state index contributed by atoms with van der Waals surface area (Å²) in [6, 6.07) is 21.2. The Kier molecular flexibility index (Phi) is 8.06. The van der Waals surface area contributed by atoms with Crippen molar-refractivity contribution in [2.24, 2.45) is 51.2 Å². The maximum absolute atomic E-state index is 14.5. The van der Waals surface area contributed by atoms with Crippen LogP contribution in [0.2, 0.25) is 0 Å². The molecule has 4 nitrogen and oxygen atoms in total. The third-order valence-corrected chi connectivity index (χ3v) is 13.8. The molecule has 0 bridgehead atoms. The van der Waals surface area contributed by atoms with Gasteiger partial charge in [-0.25, -0.2) is 0 Å². The van der Waals surface area contributed by atoms with Crippen molar-refractivity contribution in [3.63, 3.8) is 0 Å². The smallest absolute Gasteiger partial charge is 0.302 e. The predicted octanol–water partition coefficient (Wildman–Crippen LogP) is 9.12. The van der Waals surface area contributed by atoms with E-state index in [2.05, 4.69) is 108 Å². The maximum atomic E-state index is 14.5. The minimum atomic E-state index is -0.366. The molecule has 0 N–H and O–H groups in total. The summed E-state index contributed by atoms with van der Waals surface area (Å²) in [7, 11) is 0. The molecule has 4 aliphatic rings. The maximum Gasteiger partial charge on any atom is 0.302 e. The van der Waals surface area contributed by atoms with Crippen molar-refractivity contribution in [2.75, 3.05) is 0 Å². The molecule has 4 saturated carbocycles. The van der Waals surface area contributed by atoms with Gasteiger partial charge in [0.2, 0.25) is 0 Å². The fourth-order valence-electron chi connectivity index (χ4n) is 11.3. The fourth-order valence-corrected chi connectivity index (χ4v) is 11.3. The molecule has 2 aromatic rings. The molecule has 45 heavy (non-hydrogen) atoms. The Morgan fingerprint density at radius 3 is 2.02 bits per heavy atom. The topological polar surface area (TPSA) is 60.4 Å². The summed E-state index contributed by atoms with van der Waals surface area (Å²) in [5, 5.41) is 0. The van der Waals surface area contributed by atoms with Crippen molar-refractivity contribution in [3.05, 3.63) is 77.9 Å². The molecule has 0 heterocycles. The first-order valence-corrected chi connectivity index (χ1v) is 17.3. The van der Waals surface area contributed by atoms with E-state index in [0.29, 0.717) is 30.5 Å². The second-order valence-corrected chi connectivity index (χ2v) is 16.3. The van der Waals surface area contributed by atoms with E-state index in [9.17, 15) is 14.4 Å². The zero-order valence-electron chi connectivity index (χ0n) is 28.4. The van der Waals surface area contributed by atoms with Crippen molar-refractivity contribution in [1.82, 2.24) is 0 Å². The normalized spacial score (nSPS) is 37.5. The zero-order valence-corrected chi connectivity index (χ0v) is 28.4. The first-order chi connectivity index (χ1) is 21.2. The molecule has 2 aromatic carbocycles. The summed E-state index contributed by atoms with van der Waals surface area (Å²) in [5.74, 6) is 0.572. The second-order valence-electron chi connectivity index (χ2n) is 16.3. The number of fused-ring (bicyclic) bond motifs is 5. The van der Waals surface area contributed by atoms with Gasteiger partial charge in [-0.3, -0.25) is 14.4 Å². The van der Waals surface area contributed by atoms with Gasteiger partial charge in [0.25, 0.3) is 0 Å². The number of hydrogen-bond acceptors (Lipinski definition) is 4. The van der Waals surface area contributed by atoms with Crippen molar-refractivity contribution in [1.29, 1.82) is 0 Å². The third kappa shape index (κ3) is 4.97. The fraction of sp³-hybridized carbons (Fsp3) is 0.585. The van der Waals surface area contributed by atoms with Crippen LogP contribution in [-0.4, -0.2) is 23.6 Å². The lowest BCUT2D eigenvalue weighted by Crippen LogP contribution is -2.67. The number of ether oxygens (including phenoxy) is 1. The molecule has 4 heteroatoms. The number of Topliss-reactive ketones (excluding diaryl/α,β-unsaturated/α-hetero) is 2. The lowest BCUT2D eigenvalue weighted by Gasteiger charge is -2.65. The Hall–Kier alpha value is -3.01. The lowest BCUT2D eigenvalue weighted by atomic mass is 9.37. The molecule has 6 rings (SSSR count). The number of esters is 1. The van der Waals surface area contributed by atoms with E-state index < -0.39 is 0 Å². The Morgan fingerprint density at radius 1 is 0.844 bits per heavy atom. The van der Waals surface area contributed by atoms with Gasteiger partial charge in [-0.15, -0.1) is 0 Å². The number of allylic oxidation sites excluding steroid dienone is 1. The van der Waals surface area contributed by atoms with Gasteiger partial charge in [0.05, 0.1) is 0 Å². The number of ketones is 2. The zero-order chi connectivity index (χ0) is 32.4. The quantitative estimate of drug-likeness (QED) is 0.307. The summed E-state index contributed by atoms with van der Waals surface area (Å²) in [6.07, 6.45) is 7.75. The monoisotopic (exact) mass is 608 g/mol. The standard InChI is InChI=1S/C41H52O4/c1-26(18-19-30(28-14-10-8-11-15-28)29-16-12-9-13-17-29)31-20-23-40(6)37-32(43)24-34-38(3,4)35(45-27(2)42)21-22-39(34,5)36(37)33(44)25-41(31,40)7/h8-17,19,26,31,34-37H,18,20-25H2,1-7H3. The minimum absolute atomic E-state index is 0.0180. The van der Waals surface area contributed by atoms with Crippen LogP contribution in [0.5, 0.6) is 0 Å². The van der Waals surface area contributed by atoms with Crippen LogP contribution >= 0.6 is 0 Å². The first kappa shape index (κ1) is 32.0. The Labute approximate surface area is 270 Å². The summed E-state index contributed by atoms with van der Waals surface area (Å²) in [5.41, 5.74) is 2.62. The van der Waals surface area contributed by atoms with Crippen LogP contribution in [-0.2, 0) is 19.1 Å². The molecule has 0 aliphatic heterocycles. The summed E-state index contributed by atoms with van der Waals surface area (Å²) in [6.45, 7) is 15.1. The van der Waals surface area contributed by atoms with Gasteiger partial charge >= 0.3 is 5.97 Å². The van der Waals surface area contributed by atoms with Gasteiger partial charge in [-0.05, 0) is 82.8 Å². The highest BCUT2D eigenvalue weighted by atomic mass is 16.5. The molecule has 9 atom stereocenters. The van der Waals surface area contributed by atoms with Crippen LogP contribution in [0, 0.1) is 51.2 Å². The summed E-state index contributed by atoms with van der Waals surface area (Å²) < 4.78 is 5.80. The number of carbonyl (C=O) groups excluding carboxylic acids is 3. The van der Waals surface area contributed by atoms with Gasteiger partial charge < -0.3 is 4.74 Å². The van der Waals surface area contributed by atoms with E-state index >= 15 is 0 Å². The SMILES string of the molecule is CC(=O)OC1CCC2(C)C3C(=O)CC4(C)C(C(C)CC=C(c5ccccc5)c5ccccc5)CCC4(C)C3C(=O)CC2C1(C)C. The van der Waals surface area contributed by atoms with Gasteiger partial charge in [0.1, 0.15) is 17.7 Å². The minimum Gasteiger partial charge on any atom is -0.462 e. The van der Waals surface area contributed by atoms with Crippen molar-refractivity contribution >= 4 is 23.1 Å². The van der Waals surface area contributed by atoms with E-state index in [1.54, 1.807) is 0 Å². The lowest BCUT2D eigenvalue weighted by molar-refractivity contribution is -0.206. The molecular weight excluding hydrogens is 556 g/mol. The van der Waals surface area contributed by atoms with Crippen LogP contribution in [0.3, 0.4) is 0 Å². The van der Waals surface area contributed by atoms with E-state index in [1.165, 1.54) is 23.6 Å². The largest absolute Gasteiger partial charge is 0.462 e. The molecule has 0 radical (unpaired) electrons. The van der Waals surface area contributed by atoms with Crippen molar-refractivity contribution < 1.29 is 19.1 Å². The number of hydrogen-bond donors (Lipinski definition) is 0.